The van der Waals surface area contributed by atoms with Crippen molar-refractivity contribution >= 4 is 17.4 Å². The Hall–Kier alpha value is -1.55. The quantitative estimate of drug-likeness (QED) is 0.623. The van der Waals surface area contributed by atoms with Crippen LogP contribution >= 0.6 is 11.6 Å². The summed E-state index contributed by atoms with van der Waals surface area (Å²) >= 11 is 5.63. The Morgan fingerprint density at radius 3 is 2.74 bits per heavy atom. The van der Waals surface area contributed by atoms with Crippen LogP contribution in [-0.2, 0) is 20.0 Å². The molecule has 0 aliphatic rings. The Kier molecular flexibility index (Phi) is 4.10. The van der Waals surface area contributed by atoms with E-state index < -0.39 is 0 Å². The van der Waals surface area contributed by atoms with Gasteiger partial charge in [-0.3, -0.25) is 9.48 Å². The number of aromatic nitrogens is 3. The molecule has 0 N–H and O–H groups in total. The molecule has 102 valence electrons. The van der Waals surface area contributed by atoms with Crippen LogP contribution in [0.4, 0.5) is 0 Å². The lowest BCUT2D eigenvalue weighted by Gasteiger charge is -2.09. The van der Waals surface area contributed by atoms with Crippen molar-refractivity contribution in [2.24, 2.45) is 7.05 Å². The molecule has 5 heteroatoms. The van der Waals surface area contributed by atoms with Gasteiger partial charge in [0.15, 0.2) is 5.78 Å². The van der Waals surface area contributed by atoms with Crippen LogP contribution in [0.2, 0.25) is 0 Å². The number of carbonyl (C=O) groups is 1. The zero-order valence-corrected chi connectivity index (χ0v) is 12.2. The van der Waals surface area contributed by atoms with Crippen molar-refractivity contribution in [3.8, 4) is 0 Å². The second kappa shape index (κ2) is 5.61. The lowest BCUT2D eigenvalue weighted by molar-refractivity contribution is 0.102. The van der Waals surface area contributed by atoms with Crippen LogP contribution in [0.15, 0.2) is 18.3 Å². The fourth-order valence-electron chi connectivity index (χ4n) is 2.37. The molecule has 2 heterocycles. The third kappa shape index (κ3) is 2.73. The smallest absolute Gasteiger partial charge is 0.179 e. The Balaban J connectivity index is 2.19. The van der Waals surface area contributed by atoms with E-state index in [4.69, 9.17) is 11.6 Å². The summed E-state index contributed by atoms with van der Waals surface area (Å²) in [6, 6.07) is 3.93. The van der Waals surface area contributed by atoms with Crippen molar-refractivity contribution in [1.82, 2.24) is 14.3 Å². The van der Waals surface area contributed by atoms with Gasteiger partial charge in [0, 0.05) is 48.9 Å². The highest BCUT2D eigenvalue weighted by molar-refractivity contribution is 6.30. The number of Topliss-reactive ketones (excluding diaryl/α,β-unsaturated/α-hetero) is 1. The monoisotopic (exact) mass is 279 g/mol. The summed E-state index contributed by atoms with van der Waals surface area (Å²) in [5.74, 6) is 0.0213. The number of nitrogens with zero attached hydrogens (tertiary/aromatic N) is 3. The molecule has 0 unspecified atom stereocenters. The first kappa shape index (κ1) is 13.9. The highest BCUT2D eigenvalue weighted by atomic mass is 35.5. The number of alkyl halides is 1. The molecule has 0 bridgehead atoms. The Bertz CT molecular complexity index is 598. The summed E-state index contributed by atoms with van der Waals surface area (Å²) in [4.78, 5) is 11.7. The minimum Gasteiger partial charge on any atom is -0.348 e. The van der Waals surface area contributed by atoms with Gasteiger partial charge in [-0.05, 0) is 26.0 Å². The highest BCUT2D eigenvalue weighted by Crippen LogP contribution is 2.17. The third-order valence-electron chi connectivity index (χ3n) is 3.51. The molecular weight excluding hydrogens is 262 g/mol. The van der Waals surface area contributed by atoms with Crippen molar-refractivity contribution < 1.29 is 4.79 Å². The van der Waals surface area contributed by atoms with E-state index in [0.717, 1.165) is 29.9 Å². The third-order valence-corrected chi connectivity index (χ3v) is 3.75. The number of carbonyl (C=O) groups excluding carboxylic acids is 1. The molecule has 0 aliphatic heterocycles. The van der Waals surface area contributed by atoms with Crippen LogP contribution in [0.3, 0.4) is 0 Å². The van der Waals surface area contributed by atoms with Gasteiger partial charge in [0.25, 0.3) is 0 Å². The summed E-state index contributed by atoms with van der Waals surface area (Å²) in [5, 5.41) is 4.16. The second-order valence-corrected chi connectivity index (χ2v) is 4.96. The maximum Gasteiger partial charge on any atom is 0.179 e. The second-order valence-electron chi connectivity index (χ2n) is 4.69. The van der Waals surface area contributed by atoms with Crippen LogP contribution in [0.5, 0.6) is 0 Å². The predicted octanol–water partition coefficient (Wildman–Crippen LogP) is 2.50. The van der Waals surface area contributed by atoms with E-state index >= 15 is 0 Å². The zero-order chi connectivity index (χ0) is 14.0. The molecule has 0 saturated carbocycles. The minimum absolute atomic E-state index is 0.0125. The SMILES string of the molecule is Cc1cc(C(=O)CCl)c(C)n1CCc1ccnn1C. The predicted molar refractivity (Wildman–Crippen MR) is 75.9 cm³/mol. The van der Waals surface area contributed by atoms with Gasteiger partial charge in [-0.25, -0.2) is 0 Å². The van der Waals surface area contributed by atoms with E-state index in [-0.39, 0.29) is 11.7 Å². The number of aryl methyl sites for hydroxylation is 3. The summed E-state index contributed by atoms with van der Waals surface area (Å²) in [7, 11) is 1.94. The number of halogens is 1. The average molecular weight is 280 g/mol. The summed E-state index contributed by atoms with van der Waals surface area (Å²) < 4.78 is 4.03. The molecule has 19 heavy (non-hydrogen) atoms. The molecule has 0 atom stereocenters. The van der Waals surface area contributed by atoms with Gasteiger partial charge in [-0.2, -0.15) is 5.10 Å². The van der Waals surface area contributed by atoms with Crippen LogP contribution < -0.4 is 0 Å². The Morgan fingerprint density at radius 2 is 2.16 bits per heavy atom. The van der Waals surface area contributed by atoms with Crippen molar-refractivity contribution in [3.63, 3.8) is 0 Å². The lowest BCUT2D eigenvalue weighted by atomic mass is 10.2. The number of ketones is 1. The normalized spacial score (nSPS) is 10.9. The Morgan fingerprint density at radius 1 is 1.42 bits per heavy atom. The molecule has 0 spiro atoms. The molecule has 2 rings (SSSR count). The first-order valence-electron chi connectivity index (χ1n) is 6.27. The number of hydrogen-bond acceptors (Lipinski definition) is 2. The van der Waals surface area contributed by atoms with Gasteiger partial charge >= 0.3 is 0 Å². The number of hydrogen-bond donors (Lipinski definition) is 0. The molecule has 0 radical (unpaired) electrons. The molecular formula is C14H18ClN3O. The van der Waals surface area contributed by atoms with E-state index in [1.165, 1.54) is 5.69 Å². The lowest BCUT2D eigenvalue weighted by Crippen LogP contribution is -2.09. The van der Waals surface area contributed by atoms with Gasteiger partial charge in [0.1, 0.15) is 0 Å². The molecule has 2 aromatic heterocycles. The van der Waals surface area contributed by atoms with E-state index in [0.29, 0.717) is 0 Å². The Labute approximate surface area is 118 Å². The van der Waals surface area contributed by atoms with Gasteiger partial charge < -0.3 is 4.57 Å². The molecule has 0 aliphatic carbocycles. The van der Waals surface area contributed by atoms with Gasteiger partial charge in [0.2, 0.25) is 0 Å². The van der Waals surface area contributed by atoms with E-state index in [1.54, 1.807) is 6.20 Å². The largest absolute Gasteiger partial charge is 0.348 e. The van der Waals surface area contributed by atoms with Crippen LogP contribution in [-0.4, -0.2) is 26.0 Å². The van der Waals surface area contributed by atoms with Gasteiger partial charge in [-0.15, -0.1) is 11.6 Å². The molecule has 0 saturated heterocycles. The first-order valence-corrected chi connectivity index (χ1v) is 6.80. The van der Waals surface area contributed by atoms with E-state index in [1.807, 2.05) is 37.7 Å². The van der Waals surface area contributed by atoms with Crippen LogP contribution in [0.1, 0.15) is 27.4 Å². The first-order chi connectivity index (χ1) is 9.04. The zero-order valence-electron chi connectivity index (χ0n) is 11.5. The maximum atomic E-state index is 11.7. The van der Waals surface area contributed by atoms with Gasteiger partial charge in [-0.1, -0.05) is 0 Å². The fourth-order valence-corrected chi connectivity index (χ4v) is 2.52. The average Bonchev–Trinajstić information content (AvgIpc) is 2.91. The van der Waals surface area contributed by atoms with Crippen LogP contribution in [0.25, 0.3) is 0 Å². The topological polar surface area (TPSA) is 39.8 Å². The molecule has 4 nitrogen and oxygen atoms in total. The van der Waals surface area contributed by atoms with Crippen molar-refractivity contribution in [2.45, 2.75) is 26.8 Å². The van der Waals surface area contributed by atoms with E-state index in [9.17, 15) is 4.79 Å². The van der Waals surface area contributed by atoms with Gasteiger partial charge in [0.05, 0.1) is 5.88 Å². The molecule has 2 aromatic rings. The minimum atomic E-state index is -0.0125. The fraction of sp³-hybridized carbons (Fsp3) is 0.429. The maximum absolute atomic E-state index is 11.7. The van der Waals surface area contributed by atoms with Crippen molar-refractivity contribution in [1.29, 1.82) is 0 Å². The summed E-state index contributed by atoms with van der Waals surface area (Å²) in [5.41, 5.74) is 3.99. The molecule has 0 amide bonds. The van der Waals surface area contributed by atoms with E-state index in [2.05, 4.69) is 9.67 Å². The van der Waals surface area contributed by atoms with Crippen molar-refractivity contribution in [2.75, 3.05) is 5.88 Å². The summed E-state index contributed by atoms with van der Waals surface area (Å²) in [6.07, 6.45) is 2.69. The highest BCUT2D eigenvalue weighted by Gasteiger charge is 2.14. The molecule has 0 fully saturated rings. The van der Waals surface area contributed by atoms with Crippen molar-refractivity contribution in [3.05, 3.63) is 41.0 Å². The number of rotatable bonds is 5. The molecule has 0 aromatic carbocycles. The van der Waals surface area contributed by atoms with Crippen LogP contribution in [0, 0.1) is 13.8 Å². The standard InChI is InChI=1S/C14H18ClN3O/c1-10-8-13(14(19)9-15)11(2)18(10)7-5-12-4-6-16-17(12)3/h4,6,8H,5,7,9H2,1-3H3. The summed E-state index contributed by atoms with van der Waals surface area (Å²) in [6.45, 7) is 4.82.